The molecule has 0 bridgehead atoms. The maximum Gasteiger partial charge on any atom is 0.412 e. The minimum absolute atomic E-state index is 0.112. The van der Waals surface area contributed by atoms with Gasteiger partial charge < -0.3 is 19.9 Å². The lowest BCUT2D eigenvalue weighted by Crippen LogP contribution is -2.27. The number of Topliss-reactive ketones (excluding diaryl/α,β-unsaturated/α-hetero) is 1. The molecule has 9 nitrogen and oxygen atoms in total. The second-order valence-electron chi connectivity index (χ2n) is 7.80. The van der Waals surface area contributed by atoms with Crippen LogP contribution in [0.5, 0.6) is 5.75 Å². The van der Waals surface area contributed by atoms with Gasteiger partial charge in [0.15, 0.2) is 5.69 Å². The number of aromatic nitrogens is 1. The highest BCUT2D eigenvalue weighted by Crippen LogP contribution is 2.31. The molecule has 1 aliphatic carbocycles. The first-order valence-electron chi connectivity index (χ1n) is 11.3. The van der Waals surface area contributed by atoms with Gasteiger partial charge in [-0.25, -0.2) is 4.79 Å². The predicted octanol–water partition coefficient (Wildman–Crippen LogP) is 4.88. The lowest BCUT2D eigenvalue weighted by atomic mass is 9.99. The quantitative estimate of drug-likeness (QED) is 0.373. The number of carbonyl (C=O) groups is 4. The lowest BCUT2D eigenvalue weighted by molar-refractivity contribution is 0.0967. The van der Waals surface area contributed by atoms with Crippen LogP contribution in [0.3, 0.4) is 0 Å². The third-order valence-corrected chi connectivity index (χ3v) is 6.28. The van der Waals surface area contributed by atoms with E-state index >= 15 is 0 Å². The van der Waals surface area contributed by atoms with Gasteiger partial charge in [0.05, 0.1) is 4.91 Å². The van der Waals surface area contributed by atoms with Crippen molar-refractivity contribution in [2.75, 3.05) is 17.6 Å². The average Bonchev–Trinajstić information content (AvgIpc) is 3.34. The maximum absolute atomic E-state index is 13.0. The fourth-order valence-electron chi connectivity index (χ4n) is 3.42. The number of para-hydroxylation sites is 2. The van der Waals surface area contributed by atoms with Crippen LogP contribution in [0.1, 0.15) is 50.7 Å². The van der Waals surface area contributed by atoms with Crippen molar-refractivity contribution in [1.29, 1.82) is 0 Å². The van der Waals surface area contributed by atoms with Crippen LogP contribution in [-0.2, 0) is 0 Å². The number of unbranched alkanes of at least 4 members (excludes halogenated alkanes) is 2. The van der Waals surface area contributed by atoms with Crippen LogP contribution < -0.4 is 15.4 Å². The molecule has 0 saturated heterocycles. The van der Waals surface area contributed by atoms with Crippen molar-refractivity contribution in [3.8, 4) is 5.75 Å². The number of ketones is 2. The van der Waals surface area contributed by atoms with E-state index in [9.17, 15) is 19.2 Å². The van der Waals surface area contributed by atoms with Crippen LogP contribution in [0.4, 0.5) is 10.5 Å². The molecule has 1 aliphatic rings. The summed E-state index contributed by atoms with van der Waals surface area (Å²) in [5.41, 5.74) is 0.202. The van der Waals surface area contributed by atoms with Gasteiger partial charge in [-0.3, -0.25) is 14.4 Å². The molecule has 1 heterocycles. The molecule has 36 heavy (non-hydrogen) atoms. The summed E-state index contributed by atoms with van der Waals surface area (Å²) >= 11 is 1.24. The van der Waals surface area contributed by atoms with E-state index in [2.05, 4.69) is 15.8 Å². The summed E-state index contributed by atoms with van der Waals surface area (Å²) < 4.78 is 10.2. The number of ether oxygens (including phenoxy) is 1. The average molecular weight is 506 g/mol. The van der Waals surface area contributed by atoms with Gasteiger partial charge in [0.1, 0.15) is 11.3 Å². The summed E-state index contributed by atoms with van der Waals surface area (Å²) in [6.07, 6.45) is 3.01. The highest BCUT2D eigenvalue weighted by molar-refractivity contribution is 8.04. The van der Waals surface area contributed by atoms with Crippen LogP contribution >= 0.6 is 11.8 Å². The van der Waals surface area contributed by atoms with Gasteiger partial charge in [0, 0.05) is 18.3 Å². The molecule has 0 spiro atoms. The molecule has 2 amide bonds. The first kappa shape index (κ1) is 24.9. The first-order valence-corrected chi connectivity index (χ1v) is 12.3. The zero-order chi connectivity index (χ0) is 25.3. The number of hydrogen-bond acceptors (Lipinski definition) is 8. The Morgan fingerprint density at radius 1 is 0.944 bits per heavy atom. The minimum atomic E-state index is -0.628. The van der Waals surface area contributed by atoms with Gasteiger partial charge in [-0.1, -0.05) is 48.0 Å². The summed E-state index contributed by atoms with van der Waals surface area (Å²) in [6, 6.07) is 17.5. The zero-order valence-electron chi connectivity index (χ0n) is 19.2. The molecular formula is C26H23N3O6S. The highest BCUT2D eigenvalue weighted by Gasteiger charge is 2.36. The van der Waals surface area contributed by atoms with Gasteiger partial charge in [0.25, 0.3) is 5.91 Å². The summed E-state index contributed by atoms with van der Waals surface area (Å²) in [7, 11) is 0. The van der Waals surface area contributed by atoms with E-state index in [1.54, 1.807) is 54.6 Å². The van der Waals surface area contributed by atoms with Gasteiger partial charge >= 0.3 is 6.09 Å². The summed E-state index contributed by atoms with van der Waals surface area (Å²) in [5.74, 6) is -0.749. The SMILES string of the molecule is O=C(NCCCCCSC1=CC(=O)c2onc(C(=O)Nc3ccccc3)c2C1=O)Oc1ccccc1. The van der Waals surface area contributed by atoms with E-state index in [1.165, 1.54) is 17.8 Å². The number of thioether (sulfide) groups is 1. The molecule has 0 aliphatic heterocycles. The molecule has 2 N–H and O–H groups in total. The topological polar surface area (TPSA) is 128 Å². The Kier molecular flexibility index (Phi) is 8.30. The largest absolute Gasteiger partial charge is 0.412 e. The zero-order valence-corrected chi connectivity index (χ0v) is 20.0. The molecule has 3 aromatic rings. The van der Waals surface area contributed by atoms with E-state index in [0.29, 0.717) is 23.7 Å². The van der Waals surface area contributed by atoms with E-state index in [4.69, 9.17) is 9.26 Å². The van der Waals surface area contributed by atoms with Crippen molar-refractivity contribution in [1.82, 2.24) is 10.5 Å². The molecule has 4 rings (SSSR count). The molecule has 10 heteroatoms. The molecule has 0 fully saturated rings. The molecule has 0 radical (unpaired) electrons. The number of carbonyl (C=O) groups excluding carboxylic acids is 4. The number of allylic oxidation sites excluding steroid dienone is 2. The standard InChI is InChI=1S/C26H23N3O6S/c30-19-16-20(36-15-9-3-8-14-27-26(33)34-18-12-6-2-7-13-18)23(31)21-22(29-35-24(19)21)25(32)28-17-10-4-1-5-11-17/h1-2,4-7,10-13,16H,3,8-9,14-15H2,(H,27,33)(H,28,32). The van der Waals surface area contributed by atoms with Gasteiger partial charge in [0.2, 0.25) is 17.3 Å². The van der Waals surface area contributed by atoms with Crippen molar-refractivity contribution in [3.05, 3.63) is 88.7 Å². The molecule has 0 atom stereocenters. The summed E-state index contributed by atoms with van der Waals surface area (Å²) in [5, 5.41) is 9.02. The Labute approximate surface area is 211 Å². The molecular weight excluding hydrogens is 482 g/mol. The number of benzene rings is 2. The van der Waals surface area contributed by atoms with Crippen LogP contribution in [-0.4, -0.2) is 41.0 Å². The summed E-state index contributed by atoms with van der Waals surface area (Å²) in [4.78, 5) is 50.1. The third kappa shape index (κ3) is 6.28. The van der Waals surface area contributed by atoms with Crippen molar-refractivity contribution in [3.63, 3.8) is 0 Å². The molecule has 0 unspecified atom stereocenters. The van der Waals surface area contributed by atoms with Gasteiger partial charge in [-0.05, 0) is 42.9 Å². The van der Waals surface area contributed by atoms with Gasteiger partial charge in [-0.2, -0.15) is 0 Å². The Morgan fingerprint density at radius 2 is 1.67 bits per heavy atom. The maximum atomic E-state index is 13.0. The van der Waals surface area contributed by atoms with Crippen molar-refractivity contribution in [2.45, 2.75) is 19.3 Å². The number of rotatable bonds is 10. The highest BCUT2D eigenvalue weighted by atomic mass is 32.2. The third-order valence-electron chi connectivity index (χ3n) is 5.18. The number of nitrogens with zero attached hydrogens (tertiary/aromatic N) is 1. The molecule has 184 valence electrons. The number of fused-ring (bicyclic) bond motifs is 1. The molecule has 0 saturated carbocycles. The molecule has 1 aromatic heterocycles. The van der Waals surface area contributed by atoms with Crippen LogP contribution in [0.2, 0.25) is 0 Å². The monoisotopic (exact) mass is 505 g/mol. The number of hydrogen-bond donors (Lipinski definition) is 2. The minimum Gasteiger partial charge on any atom is -0.410 e. The smallest absolute Gasteiger partial charge is 0.410 e. The Bertz CT molecular complexity index is 1290. The second-order valence-corrected chi connectivity index (χ2v) is 8.93. The predicted molar refractivity (Wildman–Crippen MR) is 134 cm³/mol. The number of anilines is 1. The lowest BCUT2D eigenvalue weighted by Gasteiger charge is -2.11. The Balaban J connectivity index is 1.22. The van der Waals surface area contributed by atoms with Crippen LogP contribution in [0.15, 0.2) is 76.2 Å². The number of amides is 2. The fourth-order valence-corrected chi connectivity index (χ4v) is 4.42. The Hall–Kier alpha value is -4.18. The van der Waals surface area contributed by atoms with E-state index in [1.807, 2.05) is 6.07 Å². The van der Waals surface area contributed by atoms with Gasteiger partial charge in [-0.15, -0.1) is 11.8 Å². The van der Waals surface area contributed by atoms with Crippen molar-refractivity contribution in [2.24, 2.45) is 0 Å². The van der Waals surface area contributed by atoms with Crippen LogP contribution in [0, 0.1) is 0 Å². The number of nitrogens with one attached hydrogen (secondary N) is 2. The normalized spacial score (nSPS) is 12.5. The van der Waals surface area contributed by atoms with E-state index in [-0.39, 0.29) is 21.9 Å². The fraction of sp³-hybridized carbons (Fsp3) is 0.192. The Morgan fingerprint density at radius 3 is 2.42 bits per heavy atom. The van der Waals surface area contributed by atoms with E-state index in [0.717, 1.165) is 19.3 Å². The van der Waals surface area contributed by atoms with E-state index < -0.39 is 23.6 Å². The first-order chi connectivity index (χ1) is 17.5. The second kappa shape index (κ2) is 12.0. The molecule has 2 aromatic carbocycles. The van der Waals surface area contributed by atoms with Crippen molar-refractivity contribution < 1.29 is 28.4 Å². The van der Waals surface area contributed by atoms with Crippen LogP contribution in [0.25, 0.3) is 0 Å². The summed E-state index contributed by atoms with van der Waals surface area (Å²) in [6.45, 7) is 0.459. The van der Waals surface area contributed by atoms with Crippen molar-refractivity contribution >= 4 is 41.0 Å².